The van der Waals surface area contributed by atoms with E-state index in [0.29, 0.717) is 23.5 Å². The van der Waals surface area contributed by atoms with Gasteiger partial charge in [0.1, 0.15) is 0 Å². The van der Waals surface area contributed by atoms with Gasteiger partial charge in [-0.05, 0) is 35.2 Å². The molecule has 0 radical (unpaired) electrons. The van der Waals surface area contributed by atoms with Crippen LogP contribution in [0, 0.1) is 18.3 Å². The number of aryl methyl sites for hydroxylation is 1. The number of hydrogen-bond acceptors (Lipinski definition) is 5. The number of nitrogens with one attached hydrogen (secondary N) is 1. The Morgan fingerprint density at radius 3 is 2.67 bits per heavy atom. The van der Waals surface area contributed by atoms with Crippen molar-refractivity contribution in [2.75, 3.05) is 18.5 Å². The number of halogens is 1. The Morgan fingerprint density at radius 2 is 2.00 bits per heavy atom. The second kappa shape index (κ2) is 8.05. The predicted octanol–water partition coefficient (Wildman–Crippen LogP) is 2.88. The molecule has 3 aromatic rings. The lowest BCUT2D eigenvalue weighted by atomic mass is 9.93. The van der Waals surface area contributed by atoms with Crippen molar-refractivity contribution in [2.45, 2.75) is 25.6 Å². The second-order valence-electron chi connectivity index (χ2n) is 7.40. The summed E-state index contributed by atoms with van der Waals surface area (Å²) in [6.45, 7) is 2.42. The second-order valence-corrected chi connectivity index (χ2v) is 7.40. The van der Waals surface area contributed by atoms with Gasteiger partial charge in [0, 0.05) is 0 Å². The van der Waals surface area contributed by atoms with E-state index in [1.54, 1.807) is 30.3 Å². The number of carbonyl (C=O) groups is 1. The molecule has 2 aromatic carbocycles. The van der Waals surface area contributed by atoms with Crippen molar-refractivity contribution in [3.05, 3.63) is 76.5 Å². The maximum atomic E-state index is 14.3. The first kappa shape index (κ1) is 19.7. The fraction of sp³-hybridized carbons (Fsp3) is 0.273. The number of nitrogens with zero attached hydrogens (tertiary/aromatic N) is 4. The van der Waals surface area contributed by atoms with Crippen LogP contribution in [0.1, 0.15) is 27.8 Å². The molecule has 1 saturated heterocycles. The van der Waals surface area contributed by atoms with Gasteiger partial charge >= 0.3 is 0 Å². The van der Waals surface area contributed by atoms with Crippen molar-refractivity contribution >= 4 is 11.7 Å². The van der Waals surface area contributed by atoms with Gasteiger partial charge in [0.15, 0.2) is 11.5 Å². The largest absolute Gasteiger partial charge is 0.374 e. The van der Waals surface area contributed by atoms with E-state index in [4.69, 9.17) is 10.00 Å². The van der Waals surface area contributed by atoms with Gasteiger partial charge in [-0.1, -0.05) is 36.4 Å². The molecule has 0 aliphatic carbocycles. The Kier molecular flexibility index (Phi) is 5.29. The summed E-state index contributed by atoms with van der Waals surface area (Å²) in [5, 5.41) is 20.3. The highest BCUT2D eigenvalue weighted by Crippen LogP contribution is 2.33. The lowest BCUT2D eigenvalue weighted by Gasteiger charge is -2.34. The van der Waals surface area contributed by atoms with Gasteiger partial charge in [-0.15, -0.1) is 5.10 Å². The molecule has 0 saturated carbocycles. The SMILES string of the molecule is Cc1ccc(Cn2ncc(NC(=O)Cc3ccc(C4(F)COC4)cc3)n2)cc1C#N. The van der Waals surface area contributed by atoms with Crippen LogP contribution in [0.5, 0.6) is 0 Å². The van der Waals surface area contributed by atoms with Crippen LogP contribution in [0.3, 0.4) is 0 Å². The standard InChI is InChI=1S/C22H20FN5O2/c1-15-2-3-17(8-18(15)10-24)12-28-25-11-20(27-28)26-21(29)9-16-4-6-19(7-5-16)22(23)13-30-14-22/h2-8,11H,9,12-14H2,1H3,(H,26,27,29). The zero-order chi connectivity index (χ0) is 21.1. The number of anilines is 1. The third-order valence-corrected chi connectivity index (χ3v) is 5.05. The number of aromatic nitrogens is 3. The topological polar surface area (TPSA) is 92.8 Å². The molecule has 1 amide bonds. The monoisotopic (exact) mass is 405 g/mol. The highest BCUT2D eigenvalue weighted by molar-refractivity contribution is 5.91. The van der Waals surface area contributed by atoms with Crippen molar-refractivity contribution in [3.63, 3.8) is 0 Å². The molecule has 0 atom stereocenters. The zero-order valence-electron chi connectivity index (χ0n) is 16.4. The van der Waals surface area contributed by atoms with Gasteiger partial charge in [-0.25, -0.2) is 4.39 Å². The molecule has 7 nitrogen and oxygen atoms in total. The quantitative estimate of drug-likeness (QED) is 0.681. The summed E-state index contributed by atoms with van der Waals surface area (Å²) in [6.07, 6.45) is 1.62. The maximum Gasteiger partial charge on any atom is 0.230 e. The van der Waals surface area contributed by atoms with Gasteiger partial charge in [-0.2, -0.15) is 15.2 Å². The number of nitriles is 1. The fourth-order valence-corrected chi connectivity index (χ4v) is 3.22. The van der Waals surface area contributed by atoms with Crippen LogP contribution in [-0.4, -0.2) is 34.1 Å². The molecule has 1 N–H and O–H groups in total. The van der Waals surface area contributed by atoms with Gasteiger partial charge in [0.25, 0.3) is 0 Å². The number of benzene rings is 2. The molecule has 1 aliphatic rings. The van der Waals surface area contributed by atoms with Gasteiger partial charge in [-0.3, -0.25) is 4.79 Å². The van der Waals surface area contributed by atoms with Crippen LogP contribution in [-0.2, 0) is 28.2 Å². The summed E-state index contributed by atoms with van der Waals surface area (Å²) >= 11 is 0. The maximum absolute atomic E-state index is 14.3. The summed E-state index contributed by atoms with van der Waals surface area (Å²) in [7, 11) is 0. The van der Waals surface area contributed by atoms with Crippen LogP contribution in [0.25, 0.3) is 0 Å². The molecule has 0 unspecified atom stereocenters. The molecule has 8 heteroatoms. The normalized spacial score (nSPS) is 14.6. The van der Waals surface area contributed by atoms with Crippen LogP contribution >= 0.6 is 0 Å². The minimum Gasteiger partial charge on any atom is -0.374 e. The summed E-state index contributed by atoms with van der Waals surface area (Å²) < 4.78 is 19.2. The number of hydrogen-bond donors (Lipinski definition) is 1. The van der Waals surface area contributed by atoms with Crippen LogP contribution in [0.15, 0.2) is 48.7 Å². The van der Waals surface area contributed by atoms with Crippen LogP contribution < -0.4 is 5.32 Å². The summed E-state index contributed by atoms with van der Waals surface area (Å²) in [5.41, 5.74) is 2.35. The highest BCUT2D eigenvalue weighted by atomic mass is 19.1. The van der Waals surface area contributed by atoms with E-state index < -0.39 is 5.67 Å². The minimum absolute atomic E-state index is 0.0723. The molecule has 152 valence electrons. The first-order valence-corrected chi connectivity index (χ1v) is 9.51. The van der Waals surface area contributed by atoms with E-state index in [2.05, 4.69) is 21.6 Å². The van der Waals surface area contributed by atoms with E-state index in [1.165, 1.54) is 11.0 Å². The van der Waals surface area contributed by atoms with Gasteiger partial charge < -0.3 is 10.1 Å². The Labute approximate surface area is 173 Å². The van der Waals surface area contributed by atoms with Crippen molar-refractivity contribution < 1.29 is 13.9 Å². The molecular formula is C22H20FN5O2. The Hall–Kier alpha value is -3.57. The molecule has 1 fully saturated rings. The number of carbonyl (C=O) groups excluding carboxylic acids is 1. The lowest BCUT2D eigenvalue weighted by molar-refractivity contribution is -0.135. The third kappa shape index (κ3) is 4.21. The molecule has 0 bridgehead atoms. The van der Waals surface area contributed by atoms with Gasteiger partial charge in [0.05, 0.1) is 44.0 Å². The average molecular weight is 405 g/mol. The minimum atomic E-state index is -1.41. The van der Waals surface area contributed by atoms with E-state index >= 15 is 0 Å². The molecule has 4 rings (SSSR count). The number of ether oxygens (including phenoxy) is 1. The highest BCUT2D eigenvalue weighted by Gasteiger charge is 2.40. The van der Waals surface area contributed by atoms with E-state index in [-0.39, 0.29) is 25.5 Å². The molecule has 1 aliphatic heterocycles. The lowest BCUT2D eigenvalue weighted by Crippen LogP contribution is -2.42. The first-order valence-electron chi connectivity index (χ1n) is 9.51. The van der Waals surface area contributed by atoms with Crippen LogP contribution in [0.2, 0.25) is 0 Å². The number of rotatable bonds is 6. The average Bonchev–Trinajstić information content (AvgIpc) is 3.14. The Bertz CT molecular complexity index is 1110. The zero-order valence-corrected chi connectivity index (χ0v) is 16.4. The molecule has 0 spiro atoms. The predicted molar refractivity (Wildman–Crippen MR) is 107 cm³/mol. The summed E-state index contributed by atoms with van der Waals surface area (Å²) in [5.74, 6) is 0.109. The summed E-state index contributed by atoms with van der Waals surface area (Å²) in [6, 6.07) is 14.6. The van der Waals surface area contributed by atoms with E-state index in [9.17, 15) is 9.18 Å². The third-order valence-electron chi connectivity index (χ3n) is 5.05. The number of amides is 1. The van der Waals surface area contributed by atoms with Crippen molar-refractivity contribution in [2.24, 2.45) is 0 Å². The smallest absolute Gasteiger partial charge is 0.230 e. The molecule has 30 heavy (non-hydrogen) atoms. The Balaban J connectivity index is 1.34. The molecule has 2 heterocycles. The van der Waals surface area contributed by atoms with E-state index in [1.807, 2.05) is 19.1 Å². The molecule has 1 aromatic heterocycles. The van der Waals surface area contributed by atoms with E-state index in [0.717, 1.165) is 16.7 Å². The number of alkyl halides is 1. The van der Waals surface area contributed by atoms with Gasteiger partial charge in [0.2, 0.25) is 5.91 Å². The Morgan fingerprint density at radius 1 is 1.27 bits per heavy atom. The van der Waals surface area contributed by atoms with Crippen LogP contribution in [0.4, 0.5) is 10.2 Å². The fourth-order valence-electron chi connectivity index (χ4n) is 3.22. The summed E-state index contributed by atoms with van der Waals surface area (Å²) in [4.78, 5) is 13.8. The first-order chi connectivity index (χ1) is 14.4. The van der Waals surface area contributed by atoms with Crippen molar-refractivity contribution in [1.29, 1.82) is 5.26 Å². The van der Waals surface area contributed by atoms with Crippen molar-refractivity contribution in [3.8, 4) is 6.07 Å². The molecular weight excluding hydrogens is 385 g/mol. The van der Waals surface area contributed by atoms with Crippen molar-refractivity contribution in [1.82, 2.24) is 15.0 Å².